The summed E-state index contributed by atoms with van der Waals surface area (Å²) in [7, 11) is 0. The van der Waals surface area contributed by atoms with Crippen molar-refractivity contribution in [1.29, 1.82) is 0 Å². The topological polar surface area (TPSA) is 88.4 Å². The van der Waals surface area contributed by atoms with Gasteiger partial charge in [0.15, 0.2) is 0 Å². The van der Waals surface area contributed by atoms with Gasteiger partial charge in [0.05, 0.1) is 0 Å². The number of carboxylic acid groups (broad SMARTS) is 1. The first-order valence-electron chi connectivity index (χ1n) is 8.80. The zero-order chi connectivity index (χ0) is 17.5. The number of aliphatic carboxylic acids is 1. The molecule has 2 rings (SSSR count). The molecule has 0 unspecified atom stereocenters. The fourth-order valence-corrected chi connectivity index (χ4v) is 3.20. The van der Waals surface area contributed by atoms with E-state index in [-0.39, 0.29) is 11.1 Å². The highest BCUT2D eigenvalue weighted by atomic mass is 16.4. The molecule has 6 nitrogen and oxygen atoms in total. The lowest BCUT2D eigenvalue weighted by molar-refractivity contribution is -0.135. The van der Waals surface area contributed by atoms with Gasteiger partial charge in [0.2, 0.25) is 0 Å². The molecule has 0 saturated carbocycles. The van der Waals surface area contributed by atoms with Crippen molar-refractivity contribution >= 4 is 11.9 Å². The Morgan fingerprint density at radius 1 is 1.21 bits per heavy atom. The van der Waals surface area contributed by atoms with Gasteiger partial charge in [-0.15, -0.1) is 0 Å². The van der Waals surface area contributed by atoms with Crippen LogP contribution in [-0.2, 0) is 24.2 Å². The molecule has 0 atom stereocenters. The van der Waals surface area contributed by atoms with Gasteiger partial charge in [-0.1, -0.05) is 26.2 Å². The summed E-state index contributed by atoms with van der Waals surface area (Å²) in [6, 6.07) is 1.68. The highest BCUT2D eigenvalue weighted by molar-refractivity contribution is 5.95. The van der Waals surface area contributed by atoms with Gasteiger partial charge in [0.25, 0.3) is 11.5 Å². The average molecular weight is 334 g/mol. The molecule has 2 N–H and O–H groups in total. The van der Waals surface area contributed by atoms with Crippen molar-refractivity contribution in [1.82, 2.24) is 9.88 Å². The third kappa shape index (κ3) is 4.46. The number of pyridine rings is 1. The summed E-state index contributed by atoms with van der Waals surface area (Å²) >= 11 is 0. The molecule has 6 heteroatoms. The predicted molar refractivity (Wildman–Crippen MR) is 91.5 cm³/mol. The molecule has 0 saturated heterocycles. The summed E-state index contributed by atoms with van der Waals surface area (Å²) in [4.78, 5) is 35.7. The Kier molecular flexibility index (Phi) is 6.58. The van der Waals surface area contributed by atoms with Crippen LogP contribution in [-0.4, -0.2) is 28.1 Å². The molecule has 24 heavy (non-hydrogen) atoms. The molecular weight excluding hydrogens is 308 g/mol. The smallest absolute Gasteiger partial charge is 0.322 e. The minimum Gasteiger partial charge on any atom is -0.480 e. The van der Waals surface area contributed by atoms with Crippen LogP contribution in [0, 0.1) is 0 Å². The number of rotatable bonds is 6. The number of amides is 1. The van der Waals surface area contributed by atoms with E-state index in [1.54, 1.807) is 10.6 Å². The summed E-state index contributed by atoms with van der Waals surface area (Å²) < 4.78 is 1.75. The average Bonchev–Trinajstić information content (AvgIpc) is 2.53. The van der Waals surface area contributed by atoms with E-state index in [2.05, 4.69) is 12.2 Å². The predicted octanol–water partition coefficient (Wildman–Crippen LogP) is 2.12. The second-order valence-electron chi connectivity index (χ2n) is 6.33. The number of hydrogen-bond donors (Lipinski definition) is 2. The van der Waals surface area contributed by atoms with Crippen molar-refractivity contribution in [3.05, 3.63) is 33.2 Å². The van der Waals surface area contributed by atoms with E-state index >= 15 is 0 Å². The molecule has 0 aromatic carbocycles. The minimum absolute atomic E-state index is 0.0617. The third-order valence-corrected chi connectivity index (χ3v) is 4.48. The molecule has 0 radical (unpaired) electrons. The van der Waals surface area contributed by atoms with Gasteiger partial charge in [-0.05, 0) is 43.7 Å². The third-order valence-electron chi connectivity index (χ3n) is 4.48. The largest absolute Gasteiger partial charge is 0.480 e. The fraction of sp³-hybridized carbons (Fsp3) is 0.611. The number of nitrogens with one attached hydrogen (secondary N) is 1. The van der Waals surface area contributed by atoms with Crippen LogP contribution in [0.2, 0.25) is 0 Å². The second kappa shape index (κ2) is 8.66. The summed E-state index contributed by atoms with van der Waals surface area (Å²) in [6.07, 6.45) is 8.02. The monoisotopic (exact) mass is 334 g/mol. The van der Waals surface area contributed by atoms with Crippen molar-refractivity contribution in [2.75, 3.05) is 6.54 Å². The molecule has 1 heterocycles. The van der Waals surface area contributed by atoms with Crippen molar-refractivity contribution in [3.8, 4) is 0 Å². The zero-order valence-corrected chi connectivity index (χ0v) is 14.3. The normalized spacial score (nSPS) is 14.4. The number of aryl methyl sites for hydroxylation is 1. The highest BCUT2D eigenvalue weighted by Gasteiger charge is 2.20. The number of nitrogens with zero attached hydrogens (tertiary/aromatic N) is 1. The summed E-state index contributed by atoms with van der Waals surface area (Å²) in [6.45, 7) is 2.19. The first-order valence-corrected chi connectivity index (χ1v) is 8.80. The van der Waals surface area contributed by atoms with E-state index in [4.69, 9.17) is 5.11 Å². The number of unbranched alkanes of at least 4 members (excludes halogenated alkanes) is 1. The Morgan fingerprint density at radius 2 is 1.92 bits per heavy atom. The SMILES string of the molecule is CCCCn1c2c(cc(C(=O)NCC(=O)O)c1=O)CCCCCC2. The molecule has 1 aliphatic rings. The molecule has 1 aliphatic carbocycles. The Hall–Kier alpha value is -2.11. The maximum Gasteiger partial charge on any atom is 0.322 e. The van der Waals surface area contributed by atoms with Gasteiger partial charge in [-0.2, -0.15) is 0 Å². The van der Waals surface area contributed by atoms with Crippen molar-refractivity contribution in [3.63, 3.8) is 0 Å². The van der Waals surface area contributed by atoms with Gasteiger partial charge < -0.3 is 15.0 Å². The lowest BCUT2D eigenvalue weighted by atomic mass is 9.95. The van der Waals surface area contributed by atoms with Crippen molar-refractivity contribution < 1.29 is 14.7 Å². The number of carboxylic acids is 1. The van der Waals surface area contributed by atoms with Crippen LogP contribution in [0.1, 0.15) is 67.1 Å². The van der Waals surface area contributed by atoms with E-state index in [0.29, 0.717) is 6.54 Å². The summed E-state index contributed by atoms with van der Waals surface area (Å²) in [5.74, 6) is -1.72. The second-order valence-corrected chi connectivity index (χ2v) is 6.33. The molecule has 0 spiro atoms. The highest BCUT2D eigenvalue weighted by Crippen LogP contribution is 2.20. The van der Waals surface area contributed by atoms with E-state index in [1.807, 2.05) is 0 Å². The number of fused-ring (bicyclic) bond motifs is 1. The molecule has 1 aromatic heterocycles. The molecule has 0 bridgehead atoms. The molecular formula is C18H26N2O4. The van der Waals surface area contributed by atoms with Crippen molar-refractivity contribution in [2.45, 2.75) is 64.8 Å². The Labute approximate surface area is 141 Å². The van der Waals surface area contributed by atoms with Gasteiger partial charge in [-0.25, -0.2) is 0 Å². The van der Waals surface area contributed by atoms with Crippen LogP contribution in [0.3, 0.4) is 0 Å². The lowest BCUT2D eigenvalue weighted by Gasteiger charge is -2.21. The fourth-order valence-electron chi connectivity index (χ4n) is 3.20. The van der Waals surface area contributed by atoms with Gasteiger partial charge in [0.1, 0.15) is 12.1 Å². The maximum atomic E-state index is 12.8. The number of carbonyl (C=O) groups is 2. The summed E-state index contributed by atoms with van der Waals surface area (Å²) in [5.41, 5.74) is 1.88. The van der Waals surface area contributed by atoms with Crippen molar-refractivity contribution in [2.24, 2.45) is 0 Å². The summed E-state index contributed by atoms with van der Waals surface area (Å²) in [5, 5.41) is 11.0. The number of carbonyl (C=O) groups excluding carboxylic acids is 1. The van der Waals surface area contributed by atoms with Crippen LogP contribution in [0.25, 0.3) is 0 Å². The van der Waals surface area contributed by atoms with Gasteiger partial charge in [0, 0.05) is 12.2 Å². The first-order chi connectivity index (χ1) is 11.5. The molecule has 132 valence electrons. The van der Waals surface area contributed by atoms with Crippen LogP contribution < -0.4 is 10.9 Å². The van der Waals surface area contributed by atoms with E-state index < -0.39 is 18.4 Å². The van der Waals surface area contributed by atoms with Gasteiger partial charge in [-0.3, -0.25) is 14.4 Å². The quantitative estimate of drug-likeness (QED) is 0.834. The Morgan fingerprint density at radius 3 is 2.58 bits per heavy atom. The number of aromatic nitrogens is 1. The molecule has 0 aliphatic heterocycles. The van der Waals surface area contributed by atoms with Gasteiger partial charge >= 0.3 is 5.97 Å². The van der Waals surface area contributed by atoms with Crippen LogP contribution in [0.15, 0.2) is 10.9 Å². The lowest BCUT2D eigenvalue weighted by Crippen LogP contribution is -2.37. The maximum absolute atomic E-state index is 12.8. The molecule has 0 fully saturated rings. The zero-order valence-electron chi connectivity index (χ0n) is 14.3. The van der Waals surface area contributed by atoms with Crippen LogP contribution in [0.4, 0.5) is 0 Å². The molecule has 1 amide bonds. The Bertz CT molecular complexity index is 664. The Balaban J connectivity index is 2.43. The minimum atomic E-state index is -1.12. The molecule has 1 aromatic rings. The number of hydrogen-bond acceptors (Lipinski definition) is 3. The first kappa shape index (κ1) is 18.2. The van der Waals surface area contributed by atoms with Crippen LogP contribution >= 0.6 is 0 Å². The van der Waals surface area contributed by atoms with Crippen LogP contribution in [0.5, 0.6) is 0 Å². The van der Waals surface area contributed by atoms with E-state index in [9.17, 15) is 14.4 Å². The van der Waals surface area contributed by atoms with E-state index in [1.165, 1.54) is 6.42 Å². The standard InChI is InChI=1S/C18H26N2O4/c1-2-3-10-20-15-9-7-5-4-6-8-13(15)11-14(18(20)24)17(23)19-12-16(21)22/h11H,2-10,12H2,1H3,(H,19,23)(H,21,22). The van der Waals surface area contributed by atoms with E-state index in [0.717, 1.165) is 56.2 Å².